The number of aryl methyl sites for hydroxylation is 1. The largest absolute Gasteiger partial charge is 0.493 e. The number of likely N-dealkylation sites (tertiary alicyclic amines) is 1. The fourth-order valence-corrected chi connectivity index (χ4v) is 4.26. The highest BCUT2D eigenvalue weighted by Gasteiger charge is 2.29. The van der Waals surface area contributed by atoms with Gasteiger partial charge in [0.15, 0.2) is 17.3 Å². The van der Waals surface area contributed by atoms with Gasteiger partial charge in [-0.3, -0.25) is 9.89 Å². The Morgan fingerprint density at radius 1 is 1.19 bits per heavy atom. The minimum Gasteiger partial charge on any atom is -0.493 e. The molecule has 4 rings (SSSR count). The van der Waals surface area contributed by atoms with Crippen molar-refractivity contribution in [2.24, 2.45) is 0 Å². The molecule has 1 atom stereocenters. The van der Waals surface area contributed by atoms with E-state index in [1.807, 2.05) is 30.0 Å². The molecule has 2 aromatic heterocycles. The summed E-state index contributed by atoms with van der Waals surface area (Å²) in [6.45, 7) is 3.23. The highest BCUT2D eigenvalue weighted by Crippen LogP contribution is 2.39. The molecule has 9 heteroatoms. The molecule has 0 radical (unpaired) electrons. The first-order chi connectivity index (χ1) is 15.5. The zero-order valence-electron chi connectivity index (χ0n) is 18.8. The number of carbonyl (C=O) groups excluding carboxylic acids is 1. The fourth-order valence-electron chi connectivity index (χ4n) is 4.26. The van der Waals surface area contributed by atoms with E-state index in [0.29, 0.717) is 29.6 Å². The summed E-state index contributed by atoms with van der Waals surface area (Å²) in [5, 5.41) is 11.3. The van der Waals surface area contributed by atoms with E-state index in [1.165, 1.54) is 0 Å². The number of hydrogen-bond donors (Lipinski definition) is 1. The first-order valence-electron chi connectivity index (χ1n) is 10.6. The van der Waals surface area contributed by atoms with Crippen molar-refractivity contribution in [3.63, 3.8) is 0 Å². The summed E-state index contributed by atoms with van der Waals surface area (Å²) in [7, 11) is 4.69. The number of nitrogens with one attached hydrogen (secondary N) is 1. The Morgan fingerprint density at radius 3 is 2.56 bits per heavy atom. The second-order valence-electron chi connectivity index (χ2n) is 7.92. The molecule has 9 nitrogen and oxygen atoms in total. The first-order valence-corrected chi connectivity index (χ1v) is 10.6. The van der Waals surface area contributed by atoms with Crippen molar-refractivity contribution in [2.45, 2.75) is 32.1 Å². The molecule has 1 amide bonds. The van der Waals surface area contributed by atoms with Gasteiger partial charge in [-0.1, -0.05) is 5.16 Å². The zero-order chi connectivity index (χ0) is 22.7. The number of H-pyrrole nitrogens is 1. The van der Waals surface area contributed by atoms with E-state index in [4.69, 9.17) is 18.7 Å². The molecule has 0 spiro atoms. The van der Waals surface area contributed by atoms with E-state index in [1.54, 1.807) is 27.5 Å². The molecule has 0 unspecified atom stereocenters. The van der Waals surface area contributed by atoms with Crippen molar-refractivity contribution >= 4 is 5.91 Å². The average Bonchev–Trinajstić information content (AvgIpc) is 3.47. The van der Waals surface area contributed by atoms with Gasteiger partial charge in [0.05, 0.1) is 50.9 Å². The number of amides is 1. The van der Waals surface area contributed by atoms with E-state index >= 15 is 0 Å². The molecule has 0 bridgehead atoms. The summed E-state index contributed by atoms with van der Waals surface area (Å²) in [6, 6.07) is 5.53. The standard InChI is InChI=1S/C23H28N4O5/c1-14-8-18(32-26-14)17-12-24-25-22(17)16-6-5-7-27(13-16)21(28)11-15-9-19(29-2)23(31-4)20(10-15)30-3/h8-10,12,16H,5-7,11,13H2,1-4H3,(H,24,25)/t16-/m0/s1. The van der Waals surface area contributed by atoms with Crippen LogP contribution in [0.3, 0.4) is 0 Å². The first kappa shape index (κ1) is 21.7. The number of aromatic amines is 1. The molecule has 1 aliphatic rings. The maximum absolute atomic E-state index is 13.2. The van der Waals surface area contributed by atoms with Crippen molar-refractivity contribution in [3.8, 4) is 28.6 Å². The van der Waals surface area contributed by atoms with Crippen LogP contribution in [0.25, 0.3) is 11.3 Å². The molecule has 0 saturated carbocycles. The molecule has 3 aromatic rings. The maximum atomic E-state index is 13.2. The summed E-state index contributed by atoms with van der Waals surface area (Å²) in [6.07, 6.45) is 3.89. The third-order valence-electron chi connectivity index (χ3n) is 5.82. The van der Waals surface area contributed by atoms with Crippen LogP contribution < -0.4 is 14.2 Å². The Balaban J connectivity index is 1.50. The van der Waals surface area contributed by atoms with Gasteiger partial charge in [-0.15, -0.1) is 0 Å². The molecular formula is C23H28N4O5. The van der Waals surface area contributed by atoms with E-state index in [2.05, 4.69) is 15.4 Å². The average molecular weight is 441 g/mol. The van der Waals surface area contributed by atoms with Crippen LogP contribution in [0.2, 0.25) is 0 Å². The number of piperidine rings is 1. The Bertz CT molecular complexity index is 1060. The number of hydrogen-bond acceptors (Lipinski definition) is 7. The lowest BCUT2D eigenvalue weighted by molar-refractivity contribution is -0.131. The summed E-state index contributed by atoms with van der Waals surface area (Å²) in [5.41, 5.74) is 3.50. The van der Waals surface area contributed by atoms with Crippen molar-refractivity contribution < 1.29 is 23.5 Å². The molecule has 170 valence electrons. The number of carbonyl (C=O) groups is 1. The van der Waals surface area contributed by atoms with Crippen LogP contribution in [-0.4, -0.2) is 60.6 Å². The number of ether oxygens (including phenoxy) is 3. The van der Waals surface area contributed by atoms with Crippen LogP contribution in [-0.2, 0) is 11.2 Å². The molecular weight excluding hydrogens is 412 g/mol. The fraction of sp³-hybridized carbons (Fsp3) is 0.435. The van der Waals surface area contributed by atoms with E-state index < -0.39 is 0 Å². The Labute approximate surface area is 186 Å². The minimum absolute atomic E-state index is 0.0561. The van der Waals surface area contributed by atoms with Gasteiger partial charge < -0.3 is 23.6 Å². The lowest BCUT2D eigenvalue weighted by atomic mass is 9.91. The highest BCUT2D eigenvalue weighted by atomic mass is 16.5. The molecule has 32 heavy (non-hydrogen) atoms. The van der Waals surface area contributed by atoms with Crippen LogP contribution in [0, 0.1) is 6.92 Å². The van der Waals surface area contributed by atoms with Gasteiger partial charge in [0.1, 0.15) is 0 Å². The van der Waals surface area contributed by atoms with Gasteiger partial charge in [-0.05, 0) is 37.5 Å². The highest BCUT2D eigenvalue weighted by molar-refractivity contribution is 5.79. The maximum Gasteiger partial charge on any atom is 0.227 e. The second kappa shape index (κ2) is 9.33. The summed E-state index contributed by atoms with van der Waals surface area (Å²) >= 11 is 0. The van der Waals surface area contributed by atoms with Gasteiger partial charge in [0.2, 0.25) is 11.7 Å². The number of rotatable bonds is 7. The second-order valence-corrected chi connectivity index (χ2v) is 7.92. The molecule has 3 heterocycles. The SMILES string of the molecule is COc1cc(CC(=O)N2CCC[C@H](c3[nH]ncc3-c3cc(C)no3)C2)cc(OC)c1OC. The topological polar surface area (TPSA) is 103 Å². The smallest absolute Gasteiger partial charge is 0.227 e. The van der Waals surface area contributed by atoms with Crippen LogP contribution >= 0.6 is 0 Å². The lowest BCUT2D eigenvalue weighted by Gasteiger charge is -2.32. The normalized spacial score (nSPS) is 16.1. The predicted octanol–water partition coefficient (Wildman–Crippen LogP) is 3.35. The summed E-state index contributed by atoms with van der Waals surface area (Å²) in [4.78, 5) is 15.1. The van der Waals surface area contributed by atoms with Gasteiger partial charge in [-0.2, -0.15) is 5.10 Å². The van der Waals surface area contributed by atoms with Crippen molar-refractivity contribution in [3.05, 3.63) is 41.3 Å². The molecule has 1 fully saturated rings. The van der Waals surface area contributed by atoms with Crippen LogP contribution in [0.4, 0.5) is 0 Å². The van der Waals surface area contributed by atoms with E-state index in [0.717, 1.165) is 41.9 Å². The van der Waals surface area contributed by atoms with Gasteiger partial charge in [0.25, 0.3) is 0 Å². The van der Waals surface area contributed by atoms with Crippen LogP contribution in [0.1, 0.15) is 35.7 Å². The number of methoxy groups -OCH3 is 3. The Hall–Kier alpha value is -3.49. The number of benzene rings is 1. The predicted molar refractivity (Wildman–Crippen MR) is 117 cm³/mol. The quantitative estimate of drug-likeness (QED) is 0.601. The third-order valence-corrected chi connectivity index (χ3v) is 5.82. The van der Waals surface area contributed by atoms with Gasteiger partial charge in [-0.25, -0.2) is 0 Å². The molecule has 1 N–H and O–H groups in total. The molecule has 1 saturated heterocycles. The van der Waals surface area contributed by atoms with Crippen LogP contribution in [0.15, 0.2) is 28.9 Å². The lowest BCUT2D eigenvalue weighted by Crippen LogP contribution is -2.40. The zero-order valence-corrected chi connectivity index (χ0v) is 18.8. The Kier molecular flexibility index (Phi) is 6.34. The van der Waals surface area contributed by atoms with Gasteiger partial charge >= 0.3 is 0 Å². The Morgan fingerprint density at radius 2 is 1.94 bits per heavy atom. The van der Waals surface area contributed by atoms with Gasteiger partial charge in [0, 0.05) is 25.1 Å². The minimum atomic E-state index is 0.0561. The monoisotopic (exact) mass is 440 g/mol. The van der Waals surface area contributed by atoms with Crippen LogP contribution in [0.5, 0.6) is 17.2 Å². The number of aromatic nitrogens is 3. The molecule has 0 aliphatic carbocycles. The number of nitrogens with zero attached hydrogens (tertiary/aromatic N) is 3. The molecule has 1 aromatic carbocycles. The van der Waals surface area contributed by atoms with Crippen molar-refractivity contribution in [2.75, 3.05) is 34.4 Å². The van der Waals surface area contributed by atoms with Crippen molar-refractivity contribution in [1.82, 2.24) is 20.3 Å². The summed E-state index contributed by atoms with van der Waals surface area (Å²) in [5.74, 6) is 2.48. The summed E-state index contributed by atoms with van der Waals surface area (Å²) < 4.78 is 21.6. The van der Waals surface area contributed by atoms with Crippen molar-refractivity contribution in [1.29, 1.82) is 0 Å². The van der Waals surface area contributed by atoms with E-state index in [-0.39, 0.29) is 18.2 Å². The molecule has 1 aliphatic heterocycles. The third kappa shape index (κ3) is 4.28. The van der Waals surface area contributed by atoms with E-state index in [9.17, 15) is 4.79 Å².